The van der Waals surface area contributed by atoms with Crippen LogP contribution in [0.25, 0.3) is 0 Å². The average Bonchev–Trinajstić information content (AvgIpc) is 3.14. The van der Waals surface area contributed by atoms with Crippen LogP contribution in [0.5, 0.6) is 0 Å². The van der Waals surface area contributed by atoms with Gasteiger partial charge in [0.25, 0.3) is 0 Å². The number of nitrogens with zero attached hydrogens (tertiary/aromatic N) is 1. The van der Waals surface area contributed by atoms with E-state index in [1.54, 1.807) is 0 Å². The Bertz CT molecular complexity index is 716. The second-order valence-corrected chi connectivity index (χ2v) is 6.23. The summed E-state index contributed by atoms with van der Waals surface area (Å²) in [6.07, 6.45) is 0.247. The molecule has 0 saturated carbocycles. The average molecular weight is 314 g/mol. The lowest BCUT2D eigenvalue weighted by atomic mass is 9.96. The lowest BCUT2D eigenvalue weighted by Gasteiger charge is -2.33. The SMILES string of the molecule is c1ccc(C2NCCN2C(c2ccccc2)c2ccccc2)cc1. The van der Waals surface area contributed by atoms with Crippen LogP contribution in [-0.4, -0.2) is 18.0 Å². The summed E-state index contributed by atoms with van der Waals surface area (Å²) in [6, 6.07) is 32.6. The molecule has 1 aliphatic rings. The molecule has 24 heavy (non-hydrogen) atoms. The van der Waals surface area contributed by atoms with Crippen LogP contribution in [0.4, 0.5) is 0 Å². The third-order valence-electron chi connectivity index (χ3n) is 4.72. The number of nitrogens with one attached hydrogen (secondary N) is 1. The minimum absolute atomic E-state index is 0.247. The predicted octanol–water partition coefficient (Wildman–Crippen LogP) is 4.38. The van der Waals surface area contributed by atoms with Gasteiger partial charge in [-0.25, -0.2) is 0 Å². The van der Waals surface area contributed by atoms with Gasteiger partial charge >= 0.3 is 0 Å². The molecule has 2 nitrogen and oxygen atoms in total. The van der Waals surface area contributed by atoms with E-state index in [4.69, 9.17) is 0 Å². The molecule has 1 atom stereocenters. The van der Waals surface area contributed by atoms with E-state index in [-0.39, 0.29) is 12.2 Å². The van der Waals surface area contributed by atoms with Gasteiger partial charge in [-0.3, -0.25) is 10.2 Å². The minimum Gasteiger partial charge on any atom is -0.297 e. The summed E-state index contributed by atoms with van der Waals surface area (Å²) >= 11 is 0. The highest BCUT2D eigenvalue weighted by atomic mass is 15.3. The largest absolute Gasteiger partial charge is 0.297 e. The molecule has 1 heterocycles. The maximum Gasteiger partial charge on any atom is 0.0869 e. The molecule has 3 aromatic rings. The van der Waals surface area contributed by atoms with Crippen LogP contribution in [0.1, 0.15) is 28.9 Å². The van der Waals surface area contributed by atoms with E-state index in [0.29, 0.717) is 0 Å². The van der Waals surface area contributed by atoms with Gasteiger partial charge < -0.3 is 0 Å². The lowest BCUT2D eigenvalue weighted by Crippen LogP contribution is -2.32. The Balaban J connectivity index is 1.76. The zero-order valence-electron chi connectivity index (χ0n) is 13.7. The van der Waals surface area contributed by atoms with Crippen molar-refractivity contribution in [2.45, 2.75) is 12.2 Å². The monoisotopic (exact) mass is 314 g/mol. The molecule has 1 aliphatic heterocycles. The molecule has 4 rings (SSSR count). The normalized spacial score (nSPS) is 18.1. The maximum atomic E-state index is 3.67. The summed E-state index contributed by atoms with van der Waals surface area (Å²) in [6.45, 7) is 2.05. The molecule has 0 aromatic heterocycles. The molecule has 3 aromatic carbocycles. The zero-order valence-corrected chi connectivity index (χ0v) is 13.7. The van der Waals surface area contributed by atoms with E-state index >= 15 is 0 Å². The van der Waals surface area contributed by atoms with Gasteiger partial charge in [-0.1, -0.05) is 91.0 Å². The molecule has 1 fully saturated rings. The third kappa shape index (κ3) is 2.99. The first-order chi connectivity index (χ1) is 11.9. The van der Waals surface area contributed by atoms with Gasteiger partial charge in [-0.15, -0.1) is 0 Å². The zero-order chi connectivity index (χ0) is 16.2. The number of rotatable bonds is 4. The van der Waals surface area contributed by atoms with Crippen molar-refractivity contribution in [1.29, 1.82) is 0 Å². The number of hydrogen-bond acceptors (Lipinski definition) is 2. The molecule has 1 N–H and O–H groups in total. The van der Waals surface area contributed by atoms with Crippen molar-refractivity contribution in [3.05, 3.63) is 108 Å². The predicted molar refractivity (Wildman–Crippen MR) is 98.6 cm³/mol. The molecule has 1 saturated heterocycles. The van der Waals surface area contributed by atoms with Crippen LogP contribution in [-0.2, 0) is 0 Å². The summed E-state index contributed by atoms with van der Waals surface area (Å²) in [4.78, 5) is 2.57. The highest BCUT2D eigenvalue weighted by molar-refractivity contribution is 5.33. The Hall–Kier alpha value is -2.42. The molecule has 0 spiro atoms. The topological polar surface area (TPSA) is 15.3 Å². The summed E-state index contributed by atoms with van der Waals surface area (Å²) in [7, 11) is 0. The fraction of sp³-hybridized carbons (Fsp3) is 0.182. The molecular formula is C22H22N2. The van der Waals surface area contributed by atoms with E-state index < -0.39 is 0 Å². The molecule has 1 unspecified atom stereocenters. The van der Waals surface area contributed by atoms with Crippen LogP contribution < -0.4 is 5.32 Å². The van der Waals surface area contributed by atoms with E-state index in [0.717, 1.165) is 13.1 Å². The fourth-order valence-corrected chi connectivity index (χ4v) is 3.65. The lowest BCUT2D eigenvalue weighted by molar-refractivity contribution is 0.198. The van der Waals surface area contributed by atoms with Gasteiger partial charge in [0.2, 0.25) is 0 Å². The molecule has 0 amide bonds. The molecule has 0 radical (unpaired) electrons. The second-order valence-electron chi connectivity index (χ2n) is 6.23. The first-order valence-electron chi connectivity index (χ1n) is 8.57. The molecular weight excluding hydrogens is 292 g/mol. The second kappa shape index (κ2) is 7.00. The molecule has 120 valence electrons. The van der Waals surface area contributed by atoms with Crippen molar-refractivity contribution in [3.8, 4) is 0 Å². The van der Waals surface area contributed by atoms with Gasteiger partial charge in [0.15, 0.2) is 0 Å². The van der Waals surface area contributed by atoms with Crippen molar-refractivity contribution >= 4 is 0 Å². The smallest absolute Gasteiger partial charge is 0.0869 e. The van der Waals surface area contributed by atoms with Gasteiger partial charge in [0.05, 0.1) is 12.2 Å². The fourth-order valence-electron chi connectivity index (χ4n) is 3.65. The van der Waals surface area contributed by atoms with Gasteiger partial charge in [0, 0.05) is 13.1 Å². The summed E-state index contributed by atoms with van der Waals surface area (Å²) in [5, 5.41) is 3.67. The van der Waals surface area contributed by atoms with Crippen molar-refractivity contribution in [2.24, 2.45) is 0 Å². The van der Waals surface area contributed by atoms with Crippen LogP contribution in [0.3, 0.4) is 0 Å². The Morgan fingerprint density at radius 2 is 1.21 bits per heavy atom. The molecule has 0 aliphatic carbocycles. The minimum atomic E-state index is 0.247. The Morgan fingerprint density at radius 3 is 1.75 bits per heavy atom. The highest BCUT2D eigenvalue weighted by Crippen LogP contribution is 2.36. The maximum absolute atomic E-state index is 3.67. The summed E-state index contributed by atoms with van der Waals surface area (Å²) in [5.74, 6) is 0. The number of benzene rings is 3. The van der Waals surface area contributed by atoms with Gasteiger partial charge in [0.1, 0.15) is 0 Å². The van der Waals surface area contributed by atoms with Crippen LogP contribution in [0.15, 0.2) is 91.0 Å². The van der Waals surface area contributed by atoms with Crippen LogP contribution >= 0.6 is 0 Å². The Labute approximate surface area is 143 Å². The first kappa shape index (κ1) is 15.1. The van der Waals surface area contributed by atoms with Crippen molar-refractivity contribution in [2.75, 3.05) is 13.1 Å². The van der Waals surface area contributed by atoms with Crippen molar-refractivity contribution in [1.82, 2.24) is 10.2 Å². The Morgan fingerprint density at radius 1 is 0.708 bits per heavy atom. The molecule has 0 bridgehead atoms. The quantitative estimate of drug-likeness (QED) is 0.769. The van der Waals surface area contributed by atoms with Crippen molar-refractivity contribution in [3.63, 3.8) is 0 Å². The number of hydrogen-bond donors (Lipinski definition) is 1. The summed E-state index contributed by atoms with van der Waals surface area (Å²) in [5.41, 5.74) is 4.01. The highest BCUT2D eigenvalue weighted by Gasteiger charge is 2.33. The molecule has 2 heteroatoms. The van der Waals surface area contributed by atoms with Gasteiger partial charge in [-0.2, -0.15) is 0 Å². The van der Waals surface area contributed by atoms with Crippen LogP contribution in [0.2, 0.25) is 0 Å². The Kier molecular flexibility index (Phi) is 4.41. The van der Waals surface area contributed by atoms with E-state index in [9.17, 15) is 0 Å². The van der Waals surface area contributed by atoms with E-state index in [2.05, 4.69) is 101 Å². The van der Waals surface area contributed by atoms with E-state index in [1.165, 1.54) is 16.7 Å². The standard InChI is InChI=1S/C22H22N2/c1-4-10-18(11-5-1)21(19-12-6-2-7-13-19)24-17-16-23-22(24)20-14-8-3-9-15-20/h1-15,21-23H,16-17H2. The summed E-state index contributed by atoms with van der Waals surface area (Å²) < 4.78 is 0. The van der Waals surface area contributed by atoms with Gasteiger partial charge in [-0.05, 0) is 16.7 Å². The third-order valence-corrected chi connectivity index (χ3v) is 4.72. The van der Waals surface area contributed by atoms with Crippen molar-refractivity contribution < 1.29 is 0 Å². The van der Waals surface area contributed by atoms with E-state index in [1.807, 2.05) is 0 Å². The first-order valence-corrected chi connectivity index (χ1v) is 8.57. The van der Waals surface area contributed by atoms with Crippen LogP contribution in [0, 0.1) is 0 Å².